The Kier molecular flexibility index (Phi) is 5.19. The molecule has 0 unspecified atom stereocenters. The predicted molar refractivity (Wildman–Crippen MR) is 116 cm³/mol. The number of carbonyl (C=O) groups excluding carboxylic acids is 2. The Morgan fingerprint density at radius 2 is 1.74 bits per heavy atom. The van der Waals surface area contributed by atoms with Crippen molar-refractivity contribution in [2.75, 3.05) is 26.2 Å². The molecule has 0 bridgehead atoms. The SMILES string of the molecule is O=C(/C=C/c1ccccn1)N1CC[C@@H]2CN(C(=O)c3ccc4n[nH]nc4c3)C[C@@H]2CC1. The van der Waals surface area contributed by atoms with Crippen LogP contribution in [0.5, 0.6) is 0 Å². The highest BCUT2D eigenvalue weighted by atomic mass is 16.2. The summed E-state index contributed by atoms with van der Waals surface area (Å²) in [6.45, 7) is 2.93. The molecule has 5 rings (SSSR count). The minimum atomic E-state index is 0.0273. The van der Waals surface area contributed by atoms with Crippen molar-refractivity contribution < 1.29 is 9.59 Å². The van der Waals surface area contributed by atoms with E-state index < -0.39 is 0 Å². The molecule has 31 heavy (non-hydrogen) atoms. The van der Waals surface area contributed by atoms with Gasteiger partial charge >= 0.3 is 0 Å². The van der Waals surface area contributed by atoms with E-state index in [1.807, 2.05) is 40.1 Å². The molecule has 4 heterocycles. The standard InChI is InChI=1S/C23H24N6O2/c30-22(7-5-19-3-1-2-10-24-19)28-11-8-17-14-29(15-18(17)9-12-28)23(31)16-4-6-20-21(13-16)26-27-25-20/h1-7,10,13,17-18H,8-9,11-12,14-15H2,(H,25,26,27)/b7-5+/t17-,18+. The molecule has 2 fully saturated rings. The lowest BCUT2D eigenvalue weighted by atomic mass is 9.92. The molecular weight excluding hydrogens is 392 g/mol. The summed E-state index contributed by atoms with van der Waals surface area (Å²) >= 11 is 0. The molecule has 0 aliphatic carbocycles. The summed E-state index contributed by atoms with van der Waals surface area (Å²) < 4.78 is 0. The number of fused-ring (bicyclic) bond motifs is 2. The van der Waals surface area contributed by atoms with Crippen molar-refractivity contribution in [3.05, 3.63) is 59.9 Å². The maximum Gasteiger partial charge on any atom is 0.253 e. The molecule has 2 aliphatic heterocycles. The highest BCUT2D eigenvalue weighted by Gasteiger charge is 2.37. The molecule has 1 aromatic carbocycles. The molecule has 2 aromatic heterocycles. The summed E-state index contributed by atoms with van der Waals surface area (Å²) in [5.41, 5.74) is 2.88. The average molecular weight is 416 g/mol. The van der Waals surface area contributed by atoms with Gasteiger partial charge in [-0.2, -0.15) is 15.4 Å². The topological polar surface area (TPSA) is 95.1 Å². The molecule has 158 valence electrons. The van der Waals surface area contributed by atoms with Crippen LogP contribution in [0.3, 0.4) is 0 Å². The highest BCUT2D eigenvalue weighted by Crippen LogP contribution is 2.32. The first-order valence-electron chi connectivity index (χ1n) is 10.7. The second kappa shape index (κ2) is 8.29. The largest absolute Gasteiger partial charge is 0.339 e. The van der Waals surface area contributed by atoms with Gasteiger partial charge in [0.15, 0.2) is 0 Å². The van der Waals surface area contributed by atoms with Gasteiger partial charge in [0.1, 0.15) is 11.0 Å². The van der Waals surface area contributed by atoms with Crippen LogP contribution in [0.4, 0.5) is 0 Å². The Hall–Kier alpha value is -3.55. The van der Waals surface area contributed by atoms with Gasteiger partial charge in [0.25, 0.3) is 5.91 Å². The van der Waals surface area contributed by atoms with Crippen LogP contribution in [-0.4, -0.2) is 68.2 Å². The van der Waals surface area contributed by atoms with Gasteiger partial charge in [-0.25, -0.2) is 0 Å². The fourth-order valence-corrected chi connectivity index (χ4v) is 4.63. The van der Waals surface area contributed by atoms with Crippen molar-refractivity contribution in [3.63, 3.8) is 0 Å². The second-order valence-corrected chi connectivity index (χ2v) is 8.25. The predicted octanol–water partition coefficient (Wildman–Crippen LogP) is 2.38. The minimum Gasteiger partial charge on any atom is -0.339 e. The van der Waals surface area contributed by atoms with Crippen LogP contribution in [0, 0.1) is 11.8 Å². The second-order valence-electron chi connectivity index (χ2n) is 8.25. The number of pyridine rings is 1. The number of hydrogen-bond acceptors (Lipinski definition) is 5. The van der Waals surface area contributed by atoms with Crippen LogP contribution >= 0.6 is 0 Å². The Balaban J connectivity index is 1.19. The molecule has 1 N–H and O–H groups in total. The number of nitrogens with zero attached hydrogens (tertiary/aromatic N) is 5. The van der Waals surface area contributed by atoms with Crippen LogP contribution in [-0.2, 0) is 4.79 Å². The minimum absolute atomic E-state index is 0.0273. The van der Waals surface area contributed by atoms with Gasteiger partial charge in [0.05, 0.1) is 5.69 Å². The van der Waals surface area contributed by atoms with E-state index in [4.69, 9.17) is 0 Å². The average Bonchev–Trinajstić information content (AvgIpc) is 3.39. The van der Waals surface area contributed by atoms with E-state index >= 15 is 0 Å². The molecule has 8 heteroatoms. The molecule has 8 nitrogen and oxygen atoms in total. The Morgan fingerprint density at radius 1 is 0.968 bits per heavy atom. The number of likely N-dealkylation sites (tertiary alicyclic amines) is 2. The summed E-state index contributed by atoms with van der Waals surface area (Å²) in [6, 6.07) is 11.1. The van der Waals surface area contributed by atoms with E-state index in [9.17, 15) is 9.59 Å². The van der Waals surface area contributed by atoms with E-state index in [-0.39, 0.29) is 11.8 Å². The number of carbonyl (C=O) groups is 2. The number of rotatable bonds is 3. The molecule has 2 atom stereocenters. The van der Waals surface area contributed by atoms with Crippen molar-refractivity contribution in [3.8, 4) is 0 Å². The van der Waals surface area contributed by atoms with Crippen molar-refractivity contribution in [2.45, 2.75) is 12.8 Å². The van der Waals surface area contributed by atoms with Crippen LogP contribution in [0.1, 0.15) is 28.9 Å². The number of aromatic amines is 1. The number of H-pyrrole nitrogens is 1. The fourth-order valence-electron chi connectivity index (χ4n) is 4.63. The fraction of sp³-hybridized carbons (Fsp3) is 0.348. The van der Waals surface area contributed by atoms with Gasteiger partial charge in [-0.15, -0.1) is 0 Å². The number of benzene rings is 1. The third-order valence-electron chi connectivity index (χ3n) is 6.36. The lowest BCUT2D eigenvalue weighted by molar-refractivity contribution is -0.126. The Bertz CT molecular complexity index is 1110. The van der Waals surface area contributed by atoms with E-state index in [1.165, 1.54) is 0 Å². The number of nitrogens with one attached hydrogen (secondary N) is 1. The zero-order valence-corrected chi connectivity index (χ0v) is 17.1. The molecule has 2 amide bonds. The summed E-state index contributed by atoms with van der Waals surface area (Å²) in [6.07, 6.45) is 6.92. The summed E-state index contributed by atoms with van der Waals surface area (Å²) in [4.78, 5) is 33.7. The summed E-state index contributed by atoms with van der Waals surface area (Å²) in [7, 11) is 0. The van der Waals surface area contributed by atoms with Crippen molar-refractivity contribution in [1.82, 2.24) is 30.2 Å². The van der Waals surface area contributed by atoms with Crippen LogP contribution in [0.25, 0.3) is 17.1 Å². The Labute approximate surface area is 179 Å². The van der Waals surface area contributed by atoms with Gasteiger partial charge in [-0.1, -0.05) is 6.07 Å². The van der Waals surface area contributed by atoms with Crippen LogP contribution < -0.4 is 0 Å². The molecular formula is C23H24N6O2. The monoisotopic (exact) mass is 416 g/mol. The molecule has 3 aromatic rings. The van der Waals surface area contributed by atoms with Crippen LogP contribution in [0.15, 0.2) is 48.7 Å². The molecule has 0 spiro atoms. The first kappa shape index (κ1) is 19.4. The van der Waals surface area contributed by atoms with E-state index in [0.29, 0.717) is 22.9 Å². The third kappa shape index (κ3) is 4.05. The van der Waals surface area contributed by atoms with E-state index in [1.54, 1.807) is 24.4 Å². The van der Waals surface area contributed by atoms with E-state index in [0.717, 1.165) is 50.2 Å². The van der Waals surface area contributed by atoms with Gasteiger partial charge in [-0.05, 0) is 61.1 Å². The molecule has 2 saturated heterocycles. The highest BCUT2D eigenvalue weighted by molar-refractivity contribution is 5.97. The molecule has 0 saturated carbocycles. The smallest absolute Gasteiger partial charge is 0.253 e. The first-order chi connectivity index (χ1) is 15.2. The summed E-state index contributed by atoms with van der Waals surface area (Å²) in [5.74, 6) is 0.929. The third-order valence-corrected chi connectivity index (χ3v) is 6.36. The lowest BCUT2D eigenvalue weighted by Gasteiger charge is -2.21. The maximum atomic E-state index is 13.0. The number of aromatic nitrogens is 4. The zero-order chi connectivity index (χ0) is 21.2. The van der Waals surface area contributed by atoms with Crippen LogP contribution in [0.2, 0.25) is 0 Å². The van der Waals surface area contributed by atoms with Crippen molar-refractivity contribution in [2.24, 2.45) is 11.8 Å². The first-order valence-corrected chi connectivity index (χ1v) is 10.7. The van der Waals surface area contributed by atoms with Crippen molar-refractivity contribution >= 4 is 28.9 Å². The number of amides is 2. The maximum absolute atomic E-state index is 13.0. The molecule has 2 aliphatic rings. The summed E-state index contributed by atoms with van der Waals surface area (Å²) in [5, 5.41) is 10.7. The molecule has 0 radical (unpaired) electrons. The Morgan fingerprint density at radius 3 is 2.48 bits per heavy atom. The van der Waals surface area contributed by atoms with Gasteiger partial charge < -0.3 is 9.80 Å². The quantitative estimate of drug-likeness (QED) is 0.662. The number of hydrogen-bond donors (Lipinski definition) is 1. The van der Waals surface area contributed by atoms with Gasteiger partial charge in [0, 0.05) is 44.0 Å². The van der Waals surface area contributed by atoms with E-state index in [2.05, 4.69) is 20.4 Å². The zero-order valence-electron chi connectivity index (χ0n) is 17.1. The van der Waals surface area contributed by atoms with Gasteiger partial charge in [-0.3, -0.25) is 14.6 Å². The lowest BCUT2D eigenvalue weighted by Crippen LogP contribution is -2.33. The normalized spacial score (nSPS) is 21.4. The van der Waals surface area contributed by atoms with Gasteiger partial charge in [0.2, 0.25) is 5.91 Å². The van der Waals surface area contributed by atoms with Crippen molar-refractivity contribution in [1.29, 1.82) is 0 Å².